The minimum atomic E-state index is -4.31. The quantitative estimate of drug-likeness (QED) is 0.119. The minimum absolute atomic E-state index is 0.00525. The fourth-order valence-corrected chi connectivity index (χ4v) is 5.71. The number of nitrogens with two attached hydrogens (primary N) is 1. The summed E-state index contributed by atoms with van der Waals surface area (Å²) in [5, 5.41) is 23.0. The van der Waals surface area contributed by atoms with Crippen LogP contribution in [0, 0.1) is 18.0 Å². The van der Waals surface area contributed by atoms with Gasteiger partial charge in [0, 0.05) is 12.5 Å². The predicted octanol–water partition coefficient (Wildman–Crippen LogP) is 2.36. The van der Waals surface area contributed by atoms with Crippen molar-refractivity contribution in [2.45, 2.75) is 37.2 Å². The summed E-state index contributed by atoms with van der Waals surface area (Å²) in [6.45, 7) is -0.406. The molecule has 0 radical (unpaired) electrons. The number of aliphatic hydroxyl groups is 1. The van der Waals surface area contributed by atoms with Gasteiger partial charge in [0.25, 0.3) is 0 Å². The Morgan fingerprint density at radius 1 is 1.21 bits per heavy atom. The van der Waals surface area contributed by atoms with Crippen LogP contribution in [0.4, 0.5) is 10.2 Å². The first-order valence-electron chi connectivity index (χ1n) is 12.7. The third kappa shape index (κ3) is 7.09. The average molecular weight is 597 g/mol. The van der Waals surface area contributed by atoms with Gasteiger partial charge in [0.15, 0.2) is 17.0 Å². The van der Waals surface area contributed by atoms with E-state index >= 15 is 0 Å². The summed E-state index contributed by atoms with van der Waals surface area (Å²) in [5.41, 5.74) is 6.61. The highest BCUT2D eigenvalue weighted by atomic mass is 31.2. The molecule has 1 aliphatic heterocycles. The van der Waals surface area contributed by atoms with Crippen molar-refractivity contribution >= 4 is 30.7 Å². The number of anilines is 1. The Labute approximate surface area is 239 Å². The smallest absolute Gasteiger partial charge is 0.459 e. The maximum atomic E-state index is 13.8. The third-order valence-corrected chi connectivity index (χ3v) is 7.81. The highest BCUT2D eigenvalue weighted by Gasteiger charge is 2.39. The van der Waals surface area contributed by atoms with Gasteiger partial charge in [-0.1, -0.05) is 48.5 Å². The van der Waals surface area contributed by atoms with E-state index in [0.29, 0.717) is 5.56 Å². The molecule has 15 heteroatoms. The van der Waals surface area contributed by atoms with Gasteiger partial charge >= 0.3 is 19.8 Å². The fraction of sp³-hybridized carbons (Fsp3) is 0.259. The Kier molecular flexibility index (Phi) is 8.77. The Morgan fingerprint density at radius 3 is 2.64 bits per heavy atom. The van der Waals surface area contributed by atoms with Crippen LogP contribution in [0.3, 0.4) is 0 Å². The lowest BCUT2D eigenvalue weighted by atomic mass is 10.1. The van der Waals surface area contributed by atoms with Gasteiger partial charge in [-0.15, -0.1) is 0 Å². The molecule has 4 aromatic rings. The number of carboxylic acids is 1. The molecule has 0 spiro atoms. The zero-order chi connectivity index (χ0) is 29.7. The van der Waals surface area contributed by atoms with Crippen LogP contribution in [0.25, 0.3) is 11.2 Å². The van der Waals surface area contributed by atoms with Gasteiger partial charge in [0.1, 0.15) is 30.3 Å². The number of halogens is 1. The van der Waals surface area contributed by atoms with E-state index in [0.717, 1.165) is 0 Å². The van der Waals surface area contributed by atoms with Crippen LogP contribution in [0.5, 0.6) is 5.75 Å². The number of ether oxygens (including phenoxy) is 1. The van der Waals surface area contributed by atoms with Crippen LogP contribution in [0.15, 0.2) is 67.0 Å². The molecule has 0 aliphatic carbocycles. The summed E-state index contributed by atoms with van der Waals surface area (Å²) in [4.78, 5) is 23.2. The Bertz CT molecular complexity index is 1660. The SMILES string of the molecule is Nc1nc(F)nc2c1ncn2C#C[C@H]1C[C@H](O)[C@@H](COP(=O)(N[C@@H](Cc2ccccc2)C(=O)O)Oc2ccccc2)O1. The minimum Gasteiger partial charge on any atom is -0.480 e. The molecule has 1 unspecified atom stereocenters. The number of nitrogen functional groups attached to an aromatic ring is 1. The first-order chi connectivity index (χ1) is 20.2. The van der Waals surface area contributed by atoms with Crippen LogP contribution in [-0.4, -0.2) is 66.7 Å². The van der Waals surface area contributed by atoms with Crippen molar-refractivity contribution in [2.24, 2.45) is 0 Å². The number of nitrogens with one attached hydrogen (secondary N) is 1. The molecule has 0 amide bonds. The molecular formula is C27H26FN6O7P. The molecule has 1 aliphatic rings. The fourth-order valence-electron chi connectivity index (χ4n) is 4.20. The summed E-state index contributed by atoms with van der Waals surface area (Å²) in [6.07, 6.45) is -2.44. The maximum Gasteiger partial charge on any atom is 0.459 e. The lowest BCUT2D eigenvalue weighted by molar-refractivity contribution is -0.139. The number of hydrogen-bond donors (Lipinski definition) is 4. The van der Waals surface area contributed by atoms with Crippen LogP contribution < -0.4 is 15.3 Å². The van der Waals surface area contributed by atoms with Gasteiger partial charge in [0.2, 0.25) is 0 Å². The van der Waals surface area contributed by atoms with E-state index in [2.05, 4.69) is 32.0 Å². The van der Waals surface area contributed by atoms with E-state index in [4.69, 9.17) is 19.5 Å². The molecule has 0 saturated carbocycles. The molecule has 0 bridgehead atoms. The van der Waals surface area contributed by atoms with Crippen molar-refractivity contribution in [2.75, 3.05) is 12.3 Å². The van der Waals surface area contributed by atoms with E-state index in [1.807, 2.05) is 0 Å². The van der Waals surface area contributed by atoms with Crippen molar-refractivity contribution < 1.29 is 37.7 Å². The highest BCUT2D eigenvalue weighted by Crippen LogP contribution is 2.45. The summed E-state index contributed by atoms with van der Waals surface area (Å²) in [5.74, 6) is 1.60. The molecule has 5 rings (SSSR count). The van der Waals surface area contributed by atoms with E-state index in [1.54, 1.807) is 60.7 Å². The molecule has 2 aromatic heterocycles. The van der Waals surface area contributed by atoms with Crippen molar-refractivity contribution in [1.29, 1.82) is 0 Å². The number of aliphatic hydroxyl groups excluding tert-OH is 1. The Morgan fingerprint density at radius 2 is 1.93 bits per heavy atom. The molecule has 1 saturated heterocycles. The summed E-state index contributed by atoms with van der Waals surface area (Å²) >= 11 is 0. The number of para-hydroxylation sites is 1. The second-order valence-electron chi connectivity index (χ2n) is 9.29. The average Bonchev–Trinajstić information content (AvgIpc) is 3.54. The van der Waals surface area contributed by atoms with Crippen LogP contribution in [0.2, 0.25) is 0 Å². The first kappa shape index (κ1) is 29.1. The van der Waals surface area contributed by atoms with Crippen molar-refractivity contribution in [3.8, 4) is 17.7 Å². The largest absolute Gasteiger partial charge is 0.480 e. The second-order valence-corrected chi connectivity index (χ2v) is 11.0. The molecule has 5 N–H and O–H groups in total. The Balaban J connectivity index is 1.29. The van der Waals surface area contributed by atoms with Crippen molar-refractivity contribution in [3.63, 3.8) is 0 Å². The number of aromatic nitrogens is 4. The number of rotatable bonds is 10. The molecule has 13 nitrogen and oxygen atoms in total. The number of aliphatic carboxylic acids is 1. The first-order valence-corrected chi connectivity index (χ1v) is 14.3. The topological polar surface area (TPSA) is 184 Å². The molecule has 42 heavy (non-hydrogen) atoms. The van der Waals surface area contributed by atoms with Gasteiger partial charge in [0.05, 0.1) is 12.7 Å². The lowest BCUT2D eigenvalue weighted by Crippen LogP contribution is -2.39. The second kappa shape index (κ2) is 12.6. The van der Waals surface area contributed by atoms with Crippen LogP contribution in [0.1, 0.15) is 12.0 Å². The number of carbonyl (C=O) groups is 1. The van der Waals surface area contributed by atoms with Gasteiger partial charge in [-0.25, -0.2) is 14.1 Å². The van der Waals surface area contributed by atoms with E-state index in [-0.39, 0.29) is 35.6 Å². The van der Waals surface area contributed by atoms with Gasteiger partial charge in [-0.2, -0.15) is 19.4 Å². The molecule has 218 valence electrons. The van der Waals surface area contributed by atoms with E-state index in [9.17, 15) is 24.0 Å². The molecule has 3 heterocycles. The van der Waals surface area contributed by atoms with Gasteiger partial charge in [-0.3, -0.25) is 9.32 Å². The Hall–Kier alpha value is -4.38. The number of fused-ring (bicyclic) bond motifs is 1. The number of benzene rings is 2. The molecule has 1 fully saturated rings. The van der Waals surface area contributed by atoms with E-state index < -0.39 is 50.8 Å². The highest BCUT2D eigenvalue weighted by molar-refractivity contribution is 7.52. The molecule has 2 aromatic carbocycles. The van der Waals surface area contributed by atoms with Crippen LogP contribution >= 0.6 is 7.75 Å². The zero-order valence-electron chi connectivity index (χ0n) is 21.9. The number of carboxylic acid groups (broad SMARTS) is 1. The lowest BCUT2D eigenvalue weighted by Gasteiger charge is -2.25. The maximum absolute atomic E-state index is 13.8. The van der Waals surface area contributed by atoms with Crippen molar-refractivity contribution in [3.05, 3.63) is 78.6 Å². The van der Waals surface area contributed by atoms with Crippen molar-refractivity contribution in [1.82, 2.24) is 24.6 Å². The number of imidazole rings is 1. The van der Waals surface area contributed by atoms with Crippen LogP contribution in [-0.2, 0) is 25.0 Å². The molecular weight excluding hydrogens is 570 g/mol. The number of hydrogen-bond acceptors (Lipinski definition) is 10. The predicted molar refractivity (Wildman–Crippen MR) is 147 cm³/mol. The molecule has 5 atom stereocenters. The normalized spacial score (nSPS) is 20.4. The summed E-state index contributed by atoms with van der Waals surface area (Å²) in [6, 6.07) is 18.4. The van der Waals surface area contributed by atoms with Gasteiger partial charge in [-0.05, 0) is 30.0 Å². The third-order valence-electron chi connectivity index (χ3n) is 6.24. The summed E-state index contributed by atoms with van der Waals surface area (Å²) in [7, 11) is -4.31. The standard InChI is InChI=1S/C27H26FN6O7P/c28-27-31-24(29)23-25(32-27)34(16-30-23)12-11-19-14-21(35)22(40-19)15-39-42(38,41-18-9-5-2-6-10-18)33-20(26(36)37)13-17-7-3-1-4-8-17/h1-10,16,19-22,35H,13-15H2,(H,33,38)(H,36,37)(H2,29,31,32)/t19-,20-,21-,22+,42?/m0/s1. The summed E-state index contributed by atoms with van der Waals surface area (Å²) < 4.78 is 45.8. The van der Waals surface area contributed by atoms with E-state index in [1.165, 1.54) is 10.9 Å². The van der Waals surface area contributed by atoms with Gasteiger partial charge < -0.3 is 25.2 Å². The number of nitrogens with zero attached hydrogens (tertiary/aromatic N) is 4. The monoisotopic (exact) mass is 596 g/mol. The zero-order valence-corrected chi connectivity index (χ0v) is 22.8.